The molecule has 0 amide bonds. The molecule has 134 valence electrons. The second-order valence-corrected chi connectivity index (χ2v) is 6.98. The number of carbonyl (C=O) groups excluding carboxylic acids is 1. The van der Waals surface area contributed by atoms with Gasteiger partial charge in [-0.25, -0.2) is 0 Å². The van der Waals surface area contributed by atoms with E-state index in [9.17, 15) is 4.79 Å². The molecule has 3 nitrogen and oxygen atoms in total. The van der Waals surface area contributed by atoms with Crippen LogP contribution in [0.3, 0.4) is 0 Å². The molecule has 0 fully saturated rings. The number of nitrogens with one attached hydrogen (secondary N) is 1. The highest BCUT2D eigenvalue weighted by Crippen LogP contribution is 2.21. The van der Waals surface area contributed by atoms with Gasteiger partial charge < -0.3 is 9.88 Å². The summed E-state index contributed by atoms with van der Waals surface area (Å²) >= 11 is 6.16. The highest BCUT2D eigenvalue weighted by atomic mass is 35.5. The molecule has 0 bridgehead atoms. The van der Waals surface area contributed by atoms with E-state index in [1.165, 1.54) is 5.56 Å². The number of ketones is 1. The van der Waals surface area contributed by atoms with Crippen molar-refractivity contribution in [3.05, 3.63) is 87.7 Å². The molecule has 0 saturated heterocycles. The average Bonchev–Trinajstić information content (AvgIpc) is 2.92. The topological polar surface area (TPSA) is 34.0 Å². The number of benzene rings is 2. The Morgan fingerprint density at radius 1 is 1.04 bits per heavy atom. The van der Waals surface area contributed by atoms with Crippen molar-refractivity contribution < 1.29 is 4.79 Å². The Balaban J connectivity index is 1.73. The lowest BCUT2D eigenvalue weighted by Gasteiger charge is -2.10. The first-order valence-electron chi connectivity index (χ1n) is 8.70. The molecular weight excluding hydrogens is 344 g/mol. The molecule has 1 aromatic heterocycles. The van der Waals surface area contributed by atoms with Crippen molar-refractivity contribution in [2.24, 2.45) is 0 Å². The molecule has 3 aromatic rings. The molecule has 3 rings (SSSR count). The van der Waals surface area contributed by atoms with Gasteiger partial charge in [0.15, 0.2) is 5.78 Å². The molecule has 0 aliphatic heterocycles. The zero-order chi connectivity index (χ0) is 18.7. The van der Waals surface area contributed by atoms with E-state index < -0.39 is 0 Å². The highest BCUT2D eigenvalue weighted by Gasteiger charge is 2.16. The van der Waals surface area contributed by atoms with Gasteiger partial charge in [0.05, 0.1) is 6.54 Å². The predicted molar refractivity (Wildman–Crippen MR) is 107 cm³/mol. The molecule has 0 unspecified atom stereocenters. The minimum absolute atomic E-state index is 0.0866. The predicted octanol–water partition coefficient (Wildman–Crippen LogP) is 5.03. The van der Waals surface area contributed by atoms with E-state index >= 15 is 0 Å². The minimum Gasteiger partial charge on any atom is -0.318 e. The van der Waals surface area contributed by atoms with Gasteiger partial charge in [-0.05, 0) is 50.6 Å². The zero-order valence-corrected chi connectivity index (χ0v) is 16.1. The van der Waals surface area contributed by atoms with Gasteiger partial charge in [0.25, 0.3) is 0 Å². The Kier molecular flexibility index (Phi) is 5.60. The molecular formula is C22H23ClN2O. The molecule has 1 heterocycles. The molecule has 4 heteroatoms. The number of aryl methyl sites for hydroxylation is 2. The van der Waals surface area contributed by atoms with Gasteiger partial charge in [-0.1, -0.05) is 47.5 Å². The maximum atomic E-state index is 12.7. The van der Waals surface area contributed by atoms with Crippen molar-refractivity contribution >= 4 is 17.4 Å². The molecule has 2 aromatic carbocycles. The Morgan fingerprint density at radius 2 is 1.73 bits per heavy atom. The van der Waals surface area contributed by atoms with Crippen LogP contribution in [-0.2, 0) is 6.54 Å². The van der Waals surface area contributed by atoms with E-state index in [2.05, 4.69) is 41.1 Å². The van der Waals surface area contributed by atoms with Crippen LogP contribution in [0.25, 0.3) is 5.69 Å². The fraction of sp³-hybridized carbons (Fsp3) is 0.227. The summed E-state index contributed by atoms with van der Waals surface area (Å²) in [5.74, 6) is 0.0866. The third-order valence-corrected chi connectivity index (χ3v) is 4.95. The van der Waals surface area contributed by atoms with E-state index in [4.69, 9.17) is 11.6 Å². The van der Waals surface area contributed by atoms with E-state index in [1.807, 2.05) is 44.2 Å². The first kappa shape index (κ1) is 18.4. The van der Waals surface area contributed by atoms with Crippen LogP contribution in [-0.4, -0.2) is 16.9 Å². The summed E-state index contributed by atoms with van der Waals surface area (Å²) in [4.78, 5) is 12.7. The SMILES string of the molecule is Cc1ccc(-n2c(C)cc(C(=O)CNCc3ccccc3Cl)c2C)cc1. The first-order valence-corrected chi connectivity index (χ1v) is 9.08. The van der Waals surface area contributed by atoms with E-state index in [1.54, 1.807) is 0 Å². The van der Waals surface area contributed by atoms with Crippen molar-refractivity contribution in [1.29, 1.82) is 0 Å². The second kappa shape index (κ2) is 7.90. The smallest absolute Gasteiger partial charge is 0.178 e. The maximum absolute atomic E-state index is 12.7. The van der Waals surface area contributed by atoms with Gasteiger partial charge in [0.2, 0.25) is 0 Å². The maximum Gasteiger partial charge on any atom is 0.178 e. The summed E-state index contributed by atoms with van der Waals surface area (Å²) < 4.78 is 2.13. The van der Waals surface area contributed by atoms with Crippen LogP contribution >= 0.6 is 11.6 Å². The Hall–Kier alpha value is -2.36. The number of nitrogens with zero attached hydrogens (tertiary/aromatic N) is 1. The van der Waals surface area contributed by atoms with Gasteiger partial charge in [0.1, 0.15) is 0 Å². The summed E-state index contributed by atoms with van der Waals surface area (Å²) in [5.41, 5.74) is 6.07. The van der Waals surface area contributed by atoms with Crippen LogP contribution in [0.5, 0.6) is 0 Å². The quantitative estimate of drug-likeness (QED) is 0.621. The number of aromatic nitrogens is 1. The number of halogens is 1. The van der Waals surface area contributed by atoms with Crippen LogP contribution in [0, 0.1) is 20.8 Å². The summed E-state index contributed by atoms with van der Waals surface area (Å²) in [7, 11) is 0. The van der Waals surface area contributed by atoms with Gasteiger partial charge >= 0.3 is 0 Å². The molecule has 0 radical (unpaired) electrons. The minimum atomic E-state index is 0.0866. The summed E-state index contributed by atoms with van der Waals surface area (Å²) in [6.45, 7) is 6.94. The summed E-state index contributed by atoms with van der Waals surface area (Å²) in [6.07, 6.45) is 0. The second-order valence-electron chi connectivity index (χ2n) is 6.57. The van der Waals surface area contributed by atoms with E-state index in [0.29, 0.717) is 11.6 Å². The Labute approximate surface area is 159 Å². The van der Waals surface area contributed by atoms with Crippen molar-refractivity contribution in [2.45, 2.75) is 27.3 Å². The monoisotopic (exact) mass is 366 g/mol. The highest BCUT2D eigenvalue weighted by molar-refractivity contribution is 6.31. The molecule has 1 N–H and O–H groups in total. The number of rotatable bonds is 6. The summed E-state index contributed by atoms with van der Waals surface area (Å²) in [5, 5.41) is 3.91. The van der Waals surface area contributed by atoms with Crippen LogP contribution in [0.2, 0.25) is 5.02 Å². The van der Waals surface area contributed by atoms with Crippen molar-refractivity contribution in [3.63, 3.8) is 0 Å². The van der Waals surface area contributed by atoms with Crippen molar-refractivity contribution in [3.8, 4) is 5.69 Å². The number of hydrogen-bond donors (Lipinski definition) is 1. The van der Waals surface area contributed by atoms with E-state index in [-0.39, 0.29) is 12.3 Å². The molecule has 0 spiro atoms. The average molecular weight is 367 g/mol. The molecule has 0 aliphatic carbocycles. The first-order chi connectivity index (χ1) is 12.5. The molecule has 0 aliphatic rings. The van der Waals surface area contributed by atoms with Crippen LogP contribution in [0.15, 0.2) is 54.6 Å². The van der Waals surface area contributed by atoms with Crippen molar-refractivity contribution in [2.75, 3.05) is 6.54 Å². The molecule has 26 heavy (non-hydrogen) atoms. The normalized spacial score (nSPS) is 10.9. The van der Waals surface area contributed by atoms with Crippen LogP contribution in [0.1, 0.15) is 32.9 Å². The van der Waals surface area contributed by atoms with Gasteiger partial charge in [-0.15, -0.1) is 0 Å². The van der Waals surface area contributed by atoms with Gasteiger partial charge in [0, 0.05) is 34.2 Å². The standard InChI is InChI=1S/C22H23ClN2O/c1-15-8-10-19(11-9-15)25-16(2)12-20(17(25)3)22(26)14-24-13-18-6-4-5-7-21(18)23/h4-12,24H,13-14H2,1-3H3. The van der Waals surface area contributed by atoms with Gasteiger partial charge in [-0.2, -0.15) is 0 Å². The van der Waals surface area contributed by atoms with Gasteiger partial charge in [-0.3, -0.25) is 4.79 Å². The number of Topliss-reactive ketones (excluding diaryl/α,β-unsaturated/α-hetero) is 1. The van der Waals surface area contributed by atoms with Crippen LogP contribution in [0.4, 0.5) is 0 Å². The van der Waals surface area contributed by atoms with E-state index in [0.717, 1.165) is 28.2 Å². The molecule has 0 saturated carbocycles. The lowest BCUT2D eigenvalue weighted by Crippen LogP contribution is -2.23. The third kappa shape index (κ3) is 3.90. The Bertz CT molecular complexity index is 926. The summed E-state index contributed by atoms with van der Waals surface area (Å²) in [6, 6.07) is 18.0. The number of hydrogen-bond acceptors (Lipinski definition) is 2. The lowest BCUT2D eigenvalue weighted by atomic mass is 10.1. The van der Waals surface area contributed by atoms with Crippen molar-refractivity contribution in [1.82, 2.24) is 9.88 Å². The third-order valence-electron chi connectivity index (χ3n) is 4.58. The zero-order valence-electron chi connectivity index (χ0n) is 15.3. The lowest BCUT2D eigenvalue weighted by molar-refractivity contribution is 0.0990. The number of carbonyl (C=O) groups is 1. The largest absolute Gasteiger partial charge is 0.318 e. The van der Waals surface area contributed by atoms with Crippen LogP contribution < -0.4 is 5.32 Å². The fourth-order valence-corrected chi connectivity index (χ4v) is 3.39. The fourth-order valence-electron chi connectivity index (χ4n) is 3.18. The molecule has 0 atom stereocenters. The Morgan fingerprint density at radius 3 is 2.42 bits per heavy atom.